The number of aromatic nitrogens is 2. The number of benzene rings is 1. The molecule has 4 rings (SSSR count). The first kappa shape index (κ1) is 23.6. The second kappa shape index (κ2) is 9.37. The van der Waals surface area contributed by atoms with Crippen molar-refractivity contribution in [3.05, 3.63) is 58.0 Å². The highest BCUT2D eigenvalue weighted by Crippen LogP contribution is 2.38. The standard InChI is InChI=1S/C24H27ClFN5OS/c1-24(2,3)30(4)10-5-6-20(32)31-11-9-16-19(13-31)33-23-21(16)22(27-14-28-23)29-15-7-8-18(26)17(25)12-15/h5-8,12,14H,9-11,13H2,1-4H3,(H,27,28,29)/b6-5+. The van der Waals surface area contributed by atoms with Gasteiger partial charge in [-0.3, -0.25) is 9.69 Å². The number of hydrogen-bond acceptors (Lipinski definition) is 6. The highest BCUT2D eigenvalue weighted by atomic mass is 35.5. The highest BCUT2D eigenvalue weighted by Gasteiger charge is 2.25. The van der Waals surface area contributed by atoms with Crippen molar-refractivity contribution in [2.45, 2.75) is 39.3 Å². The Morgan fingerprint density at radius 1 is 1.36 bits per heavy atom. The molecule has 33 heavy (non-hydrogen) atoms. The van der Waals surface area contributed by atoms with Crippen LogP contribution in [-0.2, 0) is 17.8 Å². The van der Waals surface area contributed by atoms with E-state index in [4.69, 9.17) is 11.6 Å². The van der Waals surface area contributed by atoms with Crippen LogP contribution in [0.1, 0.15) is 31.2 Å². The van der Waals surface area contributed by atoms with Gasteiger partial charge in [-0.05, 0) is 58.0 Å². The number of halogens is 2. The Hall–Kier alpha value is -2.55. The molecule has 0 unspecified atom stereocenters. The first-order chi connectivity index (χ1) is 15.6. The van der Waals surface area contributed by atoms with Gasteiger partial charge in [0.15, 0.2) is 0 Å². The zero-order valence-corrected chi connectivity index (χ0v) is 20.7. The van der Waals surface area contributed by atoms with Crippen molar-refractivity contribution >= 4 is 50.6 Å². The molecule has 9 heteroatoms. The van der Waals surface area contributed by atoms with Crippen molar-refractivity contribution in [2.75, 3.05) is 25.5 Å². The third kappa shape index (κ3) is 5.18. The number of nitrogens with zero attached hydrogens (tertiary/aromatic N) is 4. The maximum absolute atomic E-state index is 13.5. The molecule has 1 aliphatic heterocycles. The number of likely N-dealkylation sites (N-methyl/N-ethyl adjacent to an activating group) is 1. The van der Waals surface area contributed by atoms with Crippen LogP contribution in [0, 0.1) is 5.82 Å². The first-order valence-corrected chi connectivity index (χ1v) is 12.0. The minimum atomic E-state index is -0.466. The van der Waals surface area contributed by atoms with Crippen LogP contribution in [0.5, 0.6) is 0 Å². The minimum Gasteiger partial charge on any atom is -0.340 e. The van der Waals surface area contributed by atoms with E-state index >= 15 is 0 Å². The Labute approximate surface area is 202 Å². The maximum Gasteiger partial charge on any atom is 0.246 e. The highest BCUT2D eigenvalue weighted by molar-refractivity contribution is 7.19. The second-order valence-electron chi connectivity index (χ2n) is 9.12. The molecule has 174 valence electrons. The summed E-state index contributed by atoms with van der Waals surface area (Å²) < 4.78 is 13.5. The minimum absolute atomic E-state index is 0.0193. The van der Waals surface area contributed by atoms with Gasteiger partial charge in [-0.1, -0.05) is 17.7 Å². The van der Waals surface area contributed by atoms with E-state index in [0.29, 0.717) is 24.6 Å². The smallest absolute Gasteiger partial charge is 0.246 e. The van der Waals surface area contributed by atoms with Gasteiger partial charge in [0.25, 0.3) is 0 Å². The largest absolute Gasteiger partial charge is 0.340 e. The van der Waals surface area contributed by atoms with E-state index in [9.17, 15) is 9.18 Å². The van der Waals surface area contributed by atoms with Gasteiger partial charge in [-0.2, -0.15) is 0 Å². The fourth-order valence-corrected chi connectivity index (χ4v) is 5.00. The normalized spacial score (nSPS) is 14.3. The van der Waals surface area contributed by atoms with E-state index in [-0.39, 0.29) is 16.5 Å². The Kier molecular flexibility index (Phi) is 6.70. The Morgan fingerprint density at radius 3 is 2.88 bits per heavy atom. The van der Waals surface area contributed by atoms with E-state index in [1.54, 1.807) is 23.5 Å². The van der Waals surface area contributed by atoms with Crippen LogP contribution in [0.15, 0.2) is 36.7 Å². The fourth-order valence-electron chi connectivity index (χ4n) is 3.61. The lowest BCUT2D eigenvalue weighted by Gasteiger charge is -2.31. The molecule has 0 saturated heterocycles. The van der Waals surface area contributed by atoms with Crippen molar-refractivity contribution in [1.82, 2.24) is 19.8 Å². The van der Waals surface area contributed by atoms with Crippen LogP contribution in [0.4, 0.5) is 15.9 Å². The number of amides is 1. The Balaban J connectivity index is 1.52. The van der Waals surface area contributed by atoms with Gasteiger partial charge in [0.05, 0.1) is 17.0 Å². The molecule has 0 bridgehead atoms. The summed E-state index contributed by atoms with van der Waals surface area (Å²) >= 11 is 7.50. The summed E-state index contributed by atoms with van der Waals surface area (Å²) in [6.45, 7) is 8.34. The number of nitrogens with one attached hydrogen (secondary N) is 1. The number of carbonyl (C=O) groups excluding carboxylic acids is 1. The van der Waals surface area contributed by atoms with Crippen LogP contribution >= 0.6 is 22.9 Å². The number of fused-ring (bicyclic) bond motifs is 3. The number of rotatable bonds is 5. The molecule has 0 atom stereocenters. The first-order valence-electron chi connectivity index (χ1n) is 10.8. The van der Waals surface area contributed by atoms with Crippen molar-refractivity contribution in [3.8, 4) is 0 Å². The van der Waals surface area contributed by atoms with Crippen molar-refractivity contribution in [1.29, 1.82) is 0 Å². The van der Waals surface area contributed by atoms with Crippen LogP contribution in [-0.4, -0.2) is 51.4 Å². The lowest BCUT2D eigenvalue weighted by molar-refractivity contribution is -0.126. The molecule has 0 radical (unpaired) electrons. The summed E-state index contributed by atoms with van der Waals surface area (Å²) in [7, 11) is 2.05. The molecule has 2 aromatic heterocycles. The third-order valence-electron chi connectivity index (χ3n) is 5.92. The van der Waals surface area contributed by atoms with Crippen LogP contribution in [0.25, 0.3) is 10.2 Å². The van der Waals surface area contributed by atoms with Crippen molar-refractivity contribution < 1.29 is 9.18 Å². The molecule has 1 N–H and O–H groups in total. The van der Waals surface area contributed by atoms with Gasteiger partial charge < -0.3 is 10.2 Å². The number of thiophene rings is 1. The molecule has 0 aliphatic carbocycles. The average molecular weight is 488 g/mol. The van der Waals surface area contributed by atoms with E-state index in [1.807, 2.05) is 18.0 Å². The Bertz CT molecular complexity index is 1220. The predicted octanol–water partition coefficient (Wildman–Crippen LogP) is 5.40. The molecule has 0 saturated carbocycles. The zero-order chi connectivity index (χ0) is 23.8. The fraction of sp³-hybridized carbons (Fsp3) is 0.375. The monoisotopic (exact) mass is 487 g/mol. The lowest BCUT2D eigenvalue weighted by atomic mass is 10.0. The number of anilines is 2. The quantitative estimate of drug-likeness (QED) is 0.488. The maximum atomic E-state index is 13.5. The lowest BCUT2D eigenvalue weighted by Crippen LogP contribution is -2.38. The summed E-state index contributed by atoms with van der Waals surface area (Å²) in [5.41, 5.74) is 1.86. The molecule has 3 heterocycles. The molecule has 6 nitrogen and oxygen atoms in total. The van der Waals surface area contributed by atoms with E-state index in [0.717, 1.165) is 33.6 Å². The van der Waals surface area contributed by atoms with Gasteiger partial charge >= 0.3 is 0 Å². The number of carbonyl (C=O) groups is 1. The van der Waals surface area contributed by atoms with Gasteiger partial charge in [0, 0.05) is 35.3 Å². The SMILES string of the molecule is CN(C/C=C/C(=O)N1CCc2c(sc3ncnc(Nc4ccc(F)c(Cl)c4)c23)C1)C(C)(C)C. The van der Waals surface area contributed by atoms with Crippen LogP contribution in [0.3, 0.4) is 0 Å². The van der Waals surface area contributed by atoms with Gasteiger partial charge in [0.1, 0.15) is 22.8 Å². The number of hydrogen-bond donors (Lipinski definition) is 1. The van der Waals surface area contributed by atoms with Gasteiger partial charge in [-0.15, -0.1) is 11.3 Å². The third-order valence-corrected chi connectivity index (χ3v) is 7.33. The van der Waals surface area contributed by atoms with Crippen molar-refractivity contribution in [2.24, 2.45) is 0 Å². The summed E-state index contributed by atoms with van der Waals surface area (Å²) in [6, 6.07) is 4.48. The van der Waals surface area contributed by atoms with E-state index in [1.165, 1.54) is 18.5 Å². The van der Waals surface area contributed by atoms with Gasteiger partial charge in [0.2, 0.25) is 5.91 Å². The summed E-state index contributed by atoms with van der Waals surface area (Å²) in [4.78, 5) is 27.7. The van der Waals surface area contributed by atoms with Crippen LogP contribution in [0.2, 0.25) is 5.02 Å². The average Bonchev–Trinajstić information content (AvgIpc) is 3.14. The molecule has 1 aliphatic rings. The molecular formula is C24H27ClFN5OS. The molecule has 0 fully saturated rings. The summed E-state index contributed by atoms with van der Waals surface area (Å²) in [5, 5.41) is 4.24. The topological polar surface area (TPSA) is 61.4 Å². The zero-order valence-electron chi connectivity index (χ0n) is 19.2. The molecule has 0 spiro atoms. The predicted molar refractivity (Wildman–Crippen MR) is 133 cm³/mol. The Morgan fingerprint density at radius 2 is 2.15 bits per heavy atom. The van der Waals surface area contributed by atoms with Gasteiger partial charge in [-0.25, -0.2) is 14.4 Å². The molecule has 1 amide bonds. The van der Waals surface area contributed by atoms with Crippen LogP contribution < -0.4 is 5.32 Å². The molecule has 1 aromatic carbocycles. The van der Waals surface area contributed by atoms with Crippen molar-refractivity contribution in [3.63, 3.8) is 0 Å². The van der Waals surface area contributed by atoms with E-state index in [2.05, 4.69) is 41.0 Å². The molecule has 3 aromatic rings. The second-order valence-corrected chi connectivity index (χ2v) is 10.6. The van der Waals surface area contributed by atoms with E-state index < -0.39 is 5.82 Å². The summed E-state index contributed by atoms with van der Waals surface area (Å²) in [5.74, 6) is 0.211. The summed E-state index contributed by atoms with van der Waals surface area (Å²) in [6.07, 6.45) is 5.83. The molecular weight excluding hydrogens is 461 g/mol.